The minimum absolute atomic E-state index is 0.0564. The van der Waals surface area contributed by atoms with Gasteiger partial charge >= 0.3 is 0 Å². The van der Waals surface area contributed by atoms with Gasteiger partial charge in [0.25, 0.3) is 5.91 Å². The number of para-hydroxylation sites is 1. The highest BCUT2D eigenvalue weighted by Gasteiger charge is 2.30. The number of fused-ring (bicyclic) bond motifs is 2. The lowest BCUT2D eigenvalue weighted by atomic mass is 9.95. The topological polar surface area (TPSA) is 76.2 Å². The smallest absolute Gasteiger partial charge is 0.257 e. The molecule has 2 aliphatic rings. The number of hydrogen-bond donors (Lipinski definition) is 1. The molecule has 2 aromatic heterocycles. The second kappa shape index (κ2) is 6.25. The van der Waals surface area contributed by atoms with E-state index < -0.39 is 0 Å². The SMILES string of the molecule is O=C(c1coc2ccccc12)N1CCC(c2nnc3n2CCNC3)CC1. The van der Waals surface area contributed by atoms with E-state index in [1.165, 1.54) is 0 Å². The zero-order valence-corrected chi connectivity index (χ0v) is 14.5. The molecule has 4 heterocycles. The van der Waals surface area contributed by atoms with Gasteiger partial charge in [0.15, 0.2) is 0 Å². The number of piperidine rings is 1. The number of likely N-dealkylation sites (tertiary alicyclic amines) is 1. The molecule has 3 aromatic rings. The van der Waals surface area contributed by atoms with E-state index in [0.29, 0.717) is 11.5 Å². The molecule has 0 radical (unpaired) electrons. The molecule has 0 aliphatic carbocycles. The highest BCUT2D eigenvalue weighted by molar-refractivity contribution is 6.05. The third-order valence-corrected chi connectivity index (χ3v) is 5.51. The average Bonchev–Trinajstić information content (AvgIpc) is 3.32. The highest BCUT2D eigenvalue weighted by Crippen LogP contribution is 2.30. The monoisotopic (exact) mass is 351 g/mol. The lowest BCUT2D eigenvalue weighted by Crippen LogP contribution is -2.38. The summed E-state index contributed by atoms with van der Waals surface area (Å²) in [5.74, 6) is 2.54. The van der Waals surface area contributed by atoms with E-state index in [9.17, 15) is 4.79 Å². The lowest BCUT2D eigenvalue weighted by molar-refractivity contribution is 0.0711. The van der Waals surface area contributed by atoms with Crippen molar-refractivity contribution in [1.82, 2.24) is 25.0 Å². The zero-order chi connectivity index (χ0) is 17.5. The molecule has 2 aliphatic heterocycles. The number of hydrogen-bond acceptors (Lipinski definition) is 5. The van der Waals surface area contributed by atoms with Gasteiger partial charge in [-0.2, -0.15) is 0 Å². The maximum absolute atomic E-state index is 12.9. The van der Waals surface area contributed by atoms with Crippen molar-refractivity contribution in [3.63, 3.8) is 0 Å². The van der Waals surface area contributed by atoms with Crippen molar-refractivity contribution in [2.24, 2.45) is 0 Å². The lowest BCUT2D eigenvalue weighted by Gasteiger charge is -2.32. The average molecular weight is 351 g/mol. The minimum Gasteiger partial charge on any atom is -0.463 e. The van der Waals surface area contributed by atoms with Crippen LogP contribution in [0.3, 0.4) is 0 Å². The van der Waals surface area contributed by atoms with Crippen molar-refractivity contribution in [3.05, 3.63) is 47.7 Å². The normalized spacial score (nSPS) is 18.2. The van der Waals surface area contributed by atoms with Crippen LogP contribution in [0.5, 0.6) is 0 Å². The van der Waals surface area contributed by atoms with Crippen molar-refractivity contribution in [3.8, 4) is 0 Å². The van der Waals surface area contributed by atoms with Crippen molar-refractivity contribution in [2.45, 2.75) is 31.8 Å². The summed E-state index contributed by atoms with van der Waals surface area (Å²) in [6.07, 6.45) is 3.43. The molecule has 26 heavy (non-hydrogen) atoms. The first kappa shape index (κ1) is 15.6. The first-order chi connectivity index (χ1) is 12.8. The van der Waals surface area contributed by atoms with Gasteiger partial charge in [0.05, 0.1) is 12.1 Å². The van der Waals surface area contributed by atoms with Crippen molar-refractivity contribution >= 4 is 16.9 Å². The number of rotatable bonds is 2. The van der Waals surface area contributed by atoms with Gasteiger partial charge in [0.2, 0.25) is 0 Å². The van der Waals surface area contributed by atoms with E-state index in [1.807, 2.05) is 29.2 Å². The van der Waals surface area contributed by atoms with Crippen LogP contribution in [0.4, 0.5) is 0 Å². The Hall–Kier alpha value is -2.67. The first-order valence-electron chi connectivity index (χ1n) is 9.19. The summed E-state index contributed by atoms with van der Waals surface area (Å²) in [4.78, 5) is 14.9. The summed E-state index contributed by atoms with van der Waals surface area (Å²) in [6, 6.07) is 7.68. The second-order valence-corrected chi connectivity index (χ2v) is 7.01. The number of nitrogens with zero attached hydrogens (tertiary/aromatic N) is 4. The van der Waals surface area contributed by atoms with Crippen LogP contribution < -0.4 is 5.32 Å². The fourth-order valence-electron chi connectivity index (χ4n) is 4.07. The zero-order valence-electron chi connectivity index (χ0n) is 14.5. The van der Waals surface area contributed by atoms with E-state index in [0.717, 1.165) is 68.2 Å². The molecule has 7 heteroatoms. The molecule has 0 atom stereocenters. The number of furan rings is 1. The third kappa shape index (κ3) is 2.50. The molecule has 1 aromatic carbocycles. The molecule has 0 unspecified atom stereocenters. The molecule has 1 fully saturated rings. The van der Waals surface area contributed by atoms with E-state index >= 15 is 0 Å². The molecule has 0 spiro atoms. The Morgan fingerprint density at radius 3 is 2.88 bits per heavy atom. The number of carbonyl (C=O) groups is 1. The quantitative estimate of drug-likeness (QED) is 0.766. The van der Waals surface area contributed by atoms with Gasteiger partial charge in [-0.3, -0.25) is 4.79 Å². The number of benzene rings is 1. The first-order valence-corrected chi connectivity index (χ1v) is 9.19. The summed E-state index contributed by atoms with van der Waals surface area (Å²) in [6.45, 7) is 4.16. The summed E-state index contributed by atoms with van der Waals surface area (Å²) in [7, 11) is 0. The summed E-state index contributed by atoms with van der Waals surface area (Å²) in [5, 5.41) is 13.0. The molecule has 1 saturated heterocycles. The van der Waals surface area contributed by atoms with Crippen LogP contribution >= 0.6 is 0 Å². The van der Waals surface area contributed by atoms with Crippen LogP contribution in [0.15, 0.2) is 34.9 Å². The van der Waals surface area contributed by atoms with E-state index in [1.54, 1.807) is 6.26 Å². The summed E-state index contributed by atoms with van der Waals surface area (Å²) < 4.78 is 7.78. The van der Waals surface area contributed by atoms with E-state index in [4.69, 9.17) is 4.42 Å². The van der Waals surface area contributed by atoms with Gasteiger partial charge in [-0.25, -0.2) is 0 Å². The van der Waals surface area contributed by atoms with Crippen LogP contribution in [0.1, 0.15) is 40.8 Å². The Kier molecular flexibility index (Phi) is 3.74. The molecule has 7 nitrogen and oxygen atoms in total. The predicted octanol–water partition coefficient (Wildman–Crippen LogP) is 2.15. The number of amides is 1. The summed E-state index contributed by atoms with van der Waals surface area (Å²) in [5.41, 5.74) is 1.42. The maximum Gasteiger partial charge on any atom is 0.257 e. The van der Waals surface area contributed by atoms with Crippen LogP contribution in [0.2, 0.25) is 0 Å². The number of aromatic nitrogens is 3. The van der Waals surface area contributed by atoms with Crippen LogP contribution in [0, 0.1) is 0 Å². The second-order valence-electron chi connectivity index (χ2n) is 7.01. The fourth-order valence-corrected chi connectivity index (χ4v) is 4.07. The molecule has 0 bridgehead atoms. The van der Waals surface area contributed by atoms with Gasteiger partial charge in [-0.15, -0.1) is 10.2 Å². The van der Waals surface area contributed by atoms with Gasteiger partial charge in [-0.1, -0.05) is 18.2 Å². The van der Waals surface area contributed by atoms with Gasteiger partial charge in [-0.05, 0) is 18.9 Å². The Balaban J connectivity index is 1.31. The number of nitrogens with one attached hydrogen (secondary N) is 1. The Bertz CT molecular complexity index is 952. The van der Waals surface area contributed by atoms with E-state index in [-0.39, 0.29) is 5.91 Å². The summed E-state index contributed by atoms with van der Waals surface area (Å²) >= 11 is 0. The largest absolute Gasteiger partial charge is 0.463 e. The Labute approximate surface area is 151 Å². The Morgan fingerprint density at radius 2 is 2.00 bits per heavy atom. The molecule has 134 valence electrons. The van der Waals surface area contributed by atoms with Gasteiger partial charge < -0.3 is 19.2 Å². The maximum atomic E-state index is 12.9. The molecule has 1 amide bonds. The van der Waals surface area contributed by atoms with Gasteiger partial charge in [0, 0.05) is 37.5 Å². The van der Waals surface area contributed by atoms with Crippen LogP contribution in [0.25, 0.3) is 11.0 Å². The molecular weight excluding hydrogens is 330 g/mol. The van der Waals surface area contributed by atoms with Crippen molar-refractivity contribution in [2.75, 3.05) is 19.6 Å². The highest BCUT2D eigenvalue weighted by atomic mass is 16.3. The van der Waals surface area contributed by atoms with Crippen molar-refractivity contribution < 1.29 is 9.21 Å². The minimum atomic E-state index is 0.0564. The molecule has 1 N–H and O–H groups in total. The predicted molar refractivity (Wildman–Crippen MR) is 95.8 cm³/mol. The fraction of sp³-hybridized carbons (Fsp3) is 0.421. The van der Waals surface area contributed by atoms with Crippen LogP contribution in [-0.4, -0.2) is 45.2 Å². The standard InChI is InChI=1S/C19H21N5O2/c25-19(15-12-26-16-4-2-1-3-14(15)16)23-8-5-13(6-9-23)18-22-21-17-11-20-7-10-24(17)18/h1-4,12-13,20H,5-11H2. The Morgan fingerprint density at radius 1 is 1.15 bits per heavy atom. The molecule has 0 saturated carbocycles. The van der Waals surface area contributed by atoms with Gasteiger partial charge in [0.1, 0.15) is 23.5 Å². The van der Waals surface area contributed by atoms with E-state index in [2.05, 4.69) is 20.1 Å². The third-order valence-electron chi connectivity index (χ3n) is 5.51. The van der Waals surface area contributed by atoms with Crippen LogP contribution in [-0.2, 0) is 13.1 Å². The molecule has 5 rings (SSSR count). The number of carbonyl (C=O) groups excluding carboxylic acids is 1. The molecular formula is C19H21N5O2. The van der Waals surface area contributed by atoms with Crippen molar-refractivity contribution in [1.29, 1.82) is 0 Å².